The Balaban J connectivity index is 1.91. The van der Waals surface area contributed by atoms with Gasteiger partial charge >= 0.3 is 0 Å². The van der Waals surface area contributed by atoms with Crippen molar-refractivity contribution >= 4 is 23.1 Å². The van der Waals surface area contributed by atoms with Gasteiger partial charge in [0, 0.05) is 31.0 Å². The number of rotatable bonds is 7. The van der Waals surface area contributed by atoms with Gasteiger partial charge in [0.15, 0.2) is 0 Å². The lowest BCUT2D eigenvalue weighted by molar-refractivity contribution is 0.364. The van der Waals surface area contributed by atoms with Gasteiger partial charge in [-0.2, -0.15) is 0 Å². The topological polar surface area (TPSA) is 114 Å². The molecule has 8 heteroatoms. The van der Waals surface area contributed by atoms with Crippen LogP contribution in [0.25, 0.3) is 5.70 Å². The van der Waals surface area contributed by atoms with Crippen molar-refractivity contribution in [2.75, 3.05) is 31.6 Å². The molecule has 1 aromatic rings. The second-order valence-electron chi connectivity index (χ2n) is 5.75. The van der Waals surface area contributed by atoms with Crippen molar-refractivity contribution < 1.29 is 4.39 Å². The van der Waals surface area contributed by atoms with Gasteiger partial charge in [0.05, 0.1) is 18.8 Å². The summed E-state index contributed by atoms with van der Waals surface area (Å²) >= 11 is 0. The molecule has 1 atom stereocenters. The van der Waals surface area contributed by atoms with Crippen LogP contribution >= 0.6 is 0 Å². The predicted octanol–water partition coefficient (Wildman–Crippen LogP) is 1.25. The highest BCUT2D eigenvalue weighted by atomic mass is 19.1. The molecular weight excluding hydrogens is 321 g/mol. The summed E-state index contributed by atoms with van der Waals surface area (Å²) in [4.78, 5) is 6.24. The molecule has 2 rings (SSSR count). The number of nitrogens with two attached hydrogens (primary N) is 1. The summed E-state index contributed by atoms with van der Waals surface area (Å²) in [5, 5.41) is 21.1. The number of amidine groups is 1. The second-order valence-corrected chi connectivity index (χ2v) is 5.75. The minimum atomic E-state index is -0.791. The standard InChI is InChI=1S/C17H24FN7/c1-22-6-4-16(21)23-10-14(19)8-15(20)12-2-3-17(24-9-12)25-7-5-13(18)11-25/h2-4,6,8-9,13,19,22H,5,7,10-11,20H2,1H3,(H2,21,23)/b6-4-,15-8-,19-14?/t13-/m0/s1. The molecular formula is C17H24FN7. The number of pyridine rings is 1. The summed E-state index contributed by atoms with van der Waals surface area (Å²) in [5.41, 5.74) is 7.39. The fourth-order valence-corrected chi connectivity index (χ4v) is 2.41. The average molecular weight is 345 g/mol. The van der Waals surface area contributed by atoms with E-state index in [9.17, 15) is 4.39 Å². The molecule has 0 spiro atoms. The van der Waals surface area contributed by atoms with E-state index < -0.39 is 6.17 Å². The Labute approximate surface area is 146 Å². The molecule has 0 aromatic carbocycles. The molecule has 6 N–H and O–H groups in total. The first-order chi connectivity index (χ1) is 12.0. The fraction of sp³-hybridized carbons (Fsp3) is 0.353. The Morgan fingerprint density at radius 1 is 1.48 bits per heavy atom. The van der Waals surface area contributed by atoms with Gasteiger partial charge in [0.1, 0.15) is 17.8 Å². The Morgan fingerprint density at radius 2 is 2.28 bits per heavy atom. The van der Waals surface area contributed by atoms with Gasteiger partial charge < -0.3 is 26.7 Å². The highest BCUT2D eigenvalue weighted by molar-refractivity contribution is 6.02. The van der Waals surface area contributed by atoms with E-state index >= 15 is 0 Å². The maximum atomic E-state index is 13.3. The average Bonchev–Trinajstić information content (AvgIpc) is 3.04. The number of nitrogens with zero attached hydrogens (tertiary/aromatic N) is 2. The summed E-state index contributed by atoms with van der Waals surface area (Å²) in [5.74, 6) is 0.937. The molecule has 1 saturated heterocycles. The van der Waals surface area contributed by atoms with E-state index in [0.29, 0.717) is 30.8 Å². The molecule has 1 fully saturated rings. The van der Waals surface area contributed by atoms with Crippen molar-refractivity contribution in [1.29, 1.82) is 10.8 Å². The van der Waals surface area contributed by atoms with Crippen LogP contribution in [0.1, 0.15) is 12.0 Å². The van der Waals surface area contributed by atoms with Crippen LogP contribution in [0.5, 0.6) is 0 Å². The molecule has 1 aliphatic rings. The summed E-state index contributed by atoms with van der Waals surface area (Å²) < 4.78 is 13.3. The summed E-state index contributed by atoms with van der Waals surface area (Å²) in [7, 11) is 1.74. The molecule has 0 unspecified atom stereocenters. The zero-order valence-corrected chi connectivity index (χ0v) is 14.2. The van der Waals surface area contributed by atoms with Crippen molar-refractivity contribution in [2.45, 2.75) is 12.6 Å². The number of anilines is 1. The molecule has 0 radical (unpaired) electrons. The monoisotopic (exact) mass is 345 g/mol. The molecule has 0 amide bonds. The molecule has 1 aliphatic heterocycles. The smallest absolute Gasteiger partial charge is 0.128 e. The summed E-state index contributed by atoms with van der Waals surface area (Å²) in [6.07, 6.45) is 6.09. The van der Waals surface area contributed by atoms with Gasteiger partial charge in [-0.05, 0) is 36.9 Å². The van der Waals surface area contributed by atoms with E-state index in [1.807, 2.05) is 17.0 Å². The van der Waals surface area contributed by atoms with Gasteiger partial charge in [-0.15, -0.1) is 0 Å². The van der Waals surface area contributed by atoms with Crippen LogP contribution in [0.3, 0.4) is 0 Å². The van der Waals surface area contributed by atoms with E-state index in [0.717, 1.165) is 5.82 Å². The maximum Gasteiger partial charge on any atom is 0.128 e. The van der Waals surface area contributed by atoms with Crippen LogP contribution in [0.2, 0.25) is 0 Å². The number of halogens is 1. The Bertz CT molecular complexity index is 666. The zero-order chi connectivity index (χ0) is 18.2. The van der Waals surface area contributed by atoms with Crippen LogP contribution in [-0.2, 0) is 0 Å². The van der Waals surface area contributed by atoms with Crippen LogP contribution in [0.15, 0.2) is 36.7 Å². The fourth-order valence-electron chi connectivity index (χ4n) is 2.41. The number of alkyl halides is 1. The minimum Gasteiger partial charge on any atom is -0.398 e. The number of hydrogen-bond donors (Lipinski definition) is 5. The van der Waals surface area contributed by atoms with Crippen LogP contribution in [0, 0.1) is 10.8 Å². The lowest BCUT2D eigenvalue weighted by Crippen LogP contribution is -2.27. The SMILES string of the molecule is CN/C=C\C(=N)NCC(=N)/C=C(\N)c1ccc(N2CC[C@H](F)C2)nc1. The third-order valence-corrected chi connectivity index (χ3v) is 3.75. The van der Waals surface area contributed by atoms with Crippen LogP contribution in [-0.4, -0.2) is 49.4 Å². The molecule has 2 heterocycles. The van der Waals surface area contributed by atoms with Gasteiger partial charge in [-0.25, -0.2) is 9.37 Å². The third-order valence-electron chi connectivity index (χ3n) is 3.75. The van der Waals surface area contributed by atoms with E-state index in [2.05, 4.69) is 15.6 Å². The van der Waals surface area contributed by atoms with Crippen molar-refractivity contribution in [3.05, 3.63) is 42.2 Å². The second kappa shape index (κ2) is 8.81. The molecule has 25 heavy (non-hydrogen) atoms. The van der Waals surface area contributed by atoms with Gasteiger partial charge in [-0.3, -0.25) is 5.41 Å². The predicted molar refractivity (Wildman–Crippen MR) is 99.8 cm³/mol. The number of nitrogens with one attached hydrogen (secondary N) is 4. The van der Waals surface area contributed by atoms with Crippen molar-refractivity contribution in [1.82, 2.24) is 15.6 Å². The molecule has 0 saturated carbocycles. The first-order valence-corrected chi connectivity index (χ1v) is 8.06. The van der Waals surface area contributed by atoms with Crippen molar-refractivity contribution in [3.8, 4) is 0 Å². The highest BCUT2D eigenvalue weighted by Crippen LogP contribution is 2.20. The van der Waals surface area contributed by atoms with Crippen molar-refractivity contribution in [3.63, 3.8) is 0 Å². The lowest BCUT2D eigenvalue weighted by Gasteiger charge is -2.16. The quantitative estimate of drug-likeness (QED) is 0.377. The third kappa shape index (κ3) is 5.59. The zero-order valence-electron chi connectivity index (χ0n) is 14.2. The molecule has 7 nitrogen and oxygen atoms in total. The first-order valence-electron chi connectivity index (χ1n) is 8.06. The van der Waals surface area contributed by atoms with Crippen LogP contribution in [0.4, 0.5) is 10.2 Å². The lowest BCUT2D eigenvalue weighted by atomic mass is 10.1. The van der Waals surface area contributed by atoms with E-state index in [1.165, 1.54) is 6.08 Å². The Hall–Kier alpha value is -2.90. The number of hydrogen-bond acceptors (Lipinski definition) is 6. The summed E-state index contributed by atoms with van der Waals surface area (Å²) in [6, 6.07) is 3.63. The minimum absolute atomic E-state index is 0.199. The van der Waals surface area contributed by atoms with E-state index in [-0.39, 0.29) is 18.1 Å². The molecule has 0 bridgehead atoms. The van der Waals surface area contributed by atoms with Crippen molar-refractivity contribution in [2.24, 2.45) is 5.73 Å². The molecule has 134 valence electrons. The van der Waals surface area contributed by atoms with Gasteiger partial charge in [-0.1, -0.05) is 0 Å². The molecule has 1 aromatic heterocycles. The van der Waals surface area contributed by atoms with Gasteiger partial charge in [0.25, 0.3) is 0 Å². The highest BCUT2D eigenvalue weighted by Gasteiger charge is 2.22. The number of aromatic nitrogens is 1. The normalized spacial score (nSPS) is 17.8. The molecule has 0 aliphatic carbocycles. The Morgan fingerprint density at radius 3 is 2.88 bits per heavy atom. The Kier molecular flexibility index (Phi) is 6.50. The van der Waals surface area contributed by atoms with E-state index in [1.54, 1.807) is 25.5 Å². The largest absolute Gasteiger partial charge is 0.398 e. The van der Waals surface area contributed by atoms with E-state index in [4.69, 9.17) is 16.6 Å². The van der Waals surface area contributed by atoms with Gasteiger partial charge in [0.2, 0.25) is 0 Å². The summed E-state index contributed by atoms with van der Waals surface area (Å²) in [6.45, 7) is 1.25. The first kappa shape index (κ1) is 18.4. The van der Waals surface area contributed by atoms with Crippen LogP contribution < -0.4 is 21.3 Å². The maximum absolute atomic E-state index is 13.3.